The van der Waals surface area contributed by atoms with E-state index in [2.05, 4.69) is 14.9 Å². The van der Waals surface area contributed by atoms with E-state index in [0.29, 0.717) is 5.69 Å². The van der Waals surface area contributed by atoms with E-state index < -0.39 is 0 Å². The molecule has 1 aromatic rings. The standard InChI is InChI=1S/C8H12N2O2.ClH/c1-4-6-5(2)7(10-9-6)8(11)12-3;/h4H2,1-3H3,(H,9,10);1H. The molecule has 0 aliphatic rings. The molecule has 0 spiro atoms. The monoisotopic (exact) mass is 204 g/mol. The fourth-order valence-corrected chi connectivity index (χ4v) is 1.07. The lowest BCUT2D eigenvalue weighted by atomic mass is 10.2. The van der Waals surface area contributed by atoms with Crippen LogP contribution < -0.4 is 0 Å². The Bertz CT molecular complexity index is 296. The van der Waals surface area contributed by atoms with Gasteiger partial charge in [-0.2, -0.15) is 5.10 Å². The second kappa shape index (κ2) is 4.87. The fraction of sp³-hybridized carbons (Fsp3) is 0.500. The molecule has 4 nitrogen and oxygen atoms in total. The summed E-state index contributed by atoms with van der Waals surface area (Å²) in [4.78, 5) is 11.1. The Hall–Kier alpha value is -1.03. The summed E-state index contributed by atoms with van der Waals surface area (Å²) in [5.74, 6) is -0.386. The molecule has 0 atom stereocenters. The highest BCUT2D eigenvalue weighted by molar-refractivity contribution is 5.88. The molecule has 13 heavy (non-hydrogen) atoms. The van der Waals surface area contributed by atoms with Crippen molar-refractivity contribution in [2.45, 2.75) is 20.3 Å². The summed E-state index contributed by atoms with van der Waals surface area (Å²) in [5, 5.41) is 6.65. The van der Waals surface area contributed by atoms with Gasteiger partial charge >= 0.3 is 5.97 Å². The van der Waals surface area contributed by atoms with Crippen molar-refractivity contribution in [3.63, 3.8) is 0 Å². The Kier molecular flexibility index (Phi) is 4.48. The van der Waals surface area contributed by atoms with Crippen LogP contribution in [0.25, 0.3) is 0 Å². The van der Waals surface area contributed by atoms with Crippen LogP contribution in [0.4, 0.5) is 0 Å². The molecule has 0 saturated heterocycles. The minimum Gasteiger partial charge on any atom is -0.464 e. The van der Waals surface area contributed by atoms with Gasteiger partial charge in [-0.15, -0.1) is 12.4 Å². The molecule has 0 aromatic carbocycles. The zero-order valence-corrected chi connectivity index (χ0v) is 8.70. The highest BCUT2D eigenvalue weighted by Crippen LogP contribution is 2.10. The van der Waals surface area contributed by atoms with E-state index in [0.717, 1.165) is 17.7 Å². The van der Waals surface area contributed by atoms with Crippen molar-refractivity contribution in [3.8, 4) is 0 Å². The number of nitrogens with one attached hydrogen (secondary N) is 1. The highest BCUT2D eigenvalue weighted by Gasteiger charge is 2.14. The molecule has 0 aliphatic carbocycles. The third-order valence-corrected chi connectivity index (χ3v) is 1.84. The average Bonchev–Trinajstić information content (AvgIpc) is 2.45. The largest absolute Gasteiger partial charge is 0.464 e. The highest BCUT2D eigenvalue weighted by atomic mass is 35.5. The topological polar surface area (TPSA) is 55.0 Å². The quantitative estimate of drug-likeness (QED) is 0.743. The first-order valence-electron chi connectivity index (χ1n) is 3.82. The molecule has 1 heterocycles. The number of H-pyrrole nitrogens is 1. The number of hydrogen-bond donors (Lipinski definition) is 1. The van der Waals surface area contributed by atoms with Crippen LogP contribution >= 0.6 is 12.4 Å². The van der Waals surface area contributed by atoms with E-state index >= 15 is 0 Å². The predicted molar refractivity (Wildman–Crippen MR) is 51.3 cm³/mol. The van der Waals surface area contributed by atoms with Crippen molar-refractivity contribution in [2.75, 3.05) is 7.11 Å². The van der Waals surface area contributed by atoms with Crippen LogP contribution in [0.1, 0.15) is 28.7 Å². The number of methoxy groups -OCH3 is 1. The molecule has 0 radical (unpaired) electrons. The minimum absolute atomic E-state index is 0. The summed E-state index contributed by atoms with van der Waals surface area (Å²) in [6.45, 7) is 3.86. The van der Waals surface area contributed by atoms with Crippen LogP contribution in [0.3, 0.4) is 0 Å². The van der Waals surface area contributed by atoms with Crippen LogP contribution in [0.15, 0.2) is 0 Å². The van der Waals surface area contributed by atoms with E-state index in [9.17, 15) is 4.79 Å². The zero-order valence-electron chi connectivity index (χ0n) is 7.88. The first kappa shape index (κ1) is 12.0. The van der Waals surface area contributed by atoms with Crippen molar-refractivity contribution in [3.05, 3.63) is 17.0 Å². The lowest BCUT2D eigenvalue weighted by molar-refractivity contribution is 0.0593. The van der Waals surface area contributed by atoms with Gasteiger partial charge in [0.25, 0.3) is 0 Å². The molecule has 0 bridgehead atoms. The number of hydrogen-bond acceptors (Lipinski definition) is 3. The summed E-state index contributed by atoms with van der Waals surface area (Å²) < 4.78 is 4.55. The number of aromatic nitrogens is 2. The smallest absolute Gasteiger partial charge is 0.358 e. The number of halogens is 1. The van der Waals surface area contributed by atoms with E-state index in [1.807, 2.05) is 13.8 Å². The Morgan fingerprint density at radius 1 is 1.62 bits per heavy atom. The second-order valence-corrected chi connectivity index (χ2v) is 2.52. The number of aromatic amines is 1. The van der Waals surface area contributed by atoms with Gasteiger partial charge in [0.15, 0.2) is 5.69 Å². The molecule has 0 saturated carbocycles. The van der Waals surface area contributed by atoms with Gasteiger partial charge in [-0.25, -0.2) is 4.79 Å². The number of nitrogens with zero attached hydrogens (tertiary/aromatic N) is 1. The van der Waals surface area contributed by atoms with Gasteiger partial charge in [-0.05, 0) is 13.3 Å². The molecular weight excluding hydrogens is 192 g/mol. The van der Waals surface area contributed by atoms with E-state index in [-0.39, 0.29) is 18.4 Å². The van der Waals surface area contributed by atoms with E-state index in [4.69, 9.17) is 0 Å². The molecule has 1 rings (SSSR count). The van der Waals surface area contributed by atoms with Crippen molar-refractivity contribution in [2.24, 2.45) is 0 Å². The first-order chi connectivity index (χ1) is 5.70. The normalized spacial score (nSPS) is 9.15. The Balaban J connectivity index is 0.00000144. The summed E-state index contributed by atoms with van der Waals surface area (Å²) in [6.07, 6.45) is 0.843. The van der Waals surface area contributed by atoms with Crippen LogP contribution in [-0.2, 0) is 11.2 Å². The summed E-state index contributed by atoms with van der Waals surface area (Å²) >= 11 is 0. The minimum atomic E-state index is -0.386. The van der Waals surface area contributed by atoms with Crippen LogP contribution in [0.2, 0.25) is 0 Å². The van der Waals surface area contributed by atoms with Gasteiger partial charge in [0.1, 0.15) is 0 Å². The number of esters is 1. The van der Waals surface area contributed by atoms with E-state index in [1.165, 1.54) is 7.11 Å². The van der Waals surface area contributed by atoms with Gasteiger partial charge in [0.2, 0.25) is 0 Å². The maximum Gasteiger partial charge on any atom is 0.358 e. The number of carbonyl (C=O) groups is 1. The van der Waals surface area contributed by atoms with Crippen LogP contribution in [-0.4, -0.2) is 23.3 Å². The molecule has 1 aromatic heterocycles. The van der Waals surface area contributed by atoms with Gasteiger partial charge < -0.3 is 4.74 Å². The van der Waals surface area contributed by atoms with Crippen molar-refractivity contribution in [1.29, 1.82) is 0 Å². The second-order valence-electron chi connectivity index (χ2n) is 2.52. The van der Waals surface area contributed by atoms with E-state index in [1.54, 1.807) is 0 Å². The zero-order chi connectivity index (χ0) is 9.14. The molecule has 5 heteroatoms. The first-order valence-corrected chi connectivity index (χ1v) is 3.82. The van der Waals surface area contributed by atoms with Crippen molar-refractivity contribution >= 4 is 18.4 Å². The number of ether oxygens (including phenoxy) is 1. The van der Waals surface area contributed by atoms with Gasteiger partial charge in [-0.3, -0.25) is 5.10 Å². The number of rotatable bonds is 2. The maximum absolute atomic E-state index is 11.1. The molecule has 0 fully saturated rings. The fourth-order valence-electron chi connectivity index (χ4n) is 1.07. The molecule has 0 aliphatic heterocycles. The lowest BCUT2D eigenvalue weighted by Gasteiger charge is -1.95. The summed E-state index contributed by atoms with van der Waals surface area (Å²) in [6, 6.07) is 0. The summed E-state index contributed by atoms with van der Waals surface area (Å²) in [5.41, 5.74) is 2.24. The van der Waals surface area contributed by atoms with Gasteiger partial charge in [0, 0.05) is 11.3 Å². The van der Waals surface area contributed by atoms with Crippen molar-refractivity contribution < 1.29 is 9.53 Å². The lowest BCUT2D eigenvalue weighted by Crippen LogP contribution is -2.03. The van der Waals surface area contributed by atoms with Gasteiger partial charge in [-0.1, -0.05) is 6.92 Å². The molecule has 0 amide bonds. The maximum atomic E-state index is 11.1. The van der Waals surface area contributed by atoms with Crippen molar-refractivity contribution in [1.82, 2.24) is 10.2 Å². The average molecular weight is 205 g/mol. The molecule has 0 unspecified atom stereocenters. The number of aryl methyl sites for hydroxylation is 1. The van der Waals surface area contributed by atoms with Crippen LogP contribution in [0, 0.1) is 6.92 Å². The Morgan fingerprint density at radius 2 is 2.23 bits per heavy atom. The third kappa shape index (κ3) is 2.21. The molecule has 1 N–H and O–H groups in total. The third-order valence-electron chi connectivity index (χ3n) is 1.84. The van der Waals surface area contributed by atoms with Crippen LogP contribution in [0.5, 0.6) is 0 Å². The number of carbonyl (C=O) groups excluding carboxylic acids is 1. The SMILES string of the molecule is CCc1[nH]nc(C(=O)OC)c1C.Cl. The Labute approximate surface area is 83.1 Å². The predicted octanol–water partition coefficient (Wildman–Crippen LogP) is 1.49. The molecule has 74 valence electrons. The summed E-state index contributed by atoms with van der Waals surface area (Å²) in [7, 11) is 1.35. The Morgan fingerprint density at radius 3 is 2.62 bits per heavy atom. The molecular formula is C8H13ClN2O2. The van der Waals surface area contributed by atoms with Gasteiger partial charge in [0.05, 0.1) is 7.11 Å².